The molecule has 0 aliphatic carbocycles. The zero-order chi connectivity index (χ0) is 40.7. The summed E-state index contributed by atoms with van der Waals surface area (Å²) in [4.78, 5) is 2.18. The van der Waals surface area contributed by atoms with E-state index in [4.69, 9.17) is 28.4 Å². The molecule has 0 unspecified atom stereocenters. The van der Waals surface area contributed by atoms with Crippen molar-refractivity contribution < 1.29 is 28.4 Å². The molecular formula is C49H27B3O6S4. The molecule has 9 aromatic rings. The summed E-state index contributed by atoms with van der Waals surface area (Å²) >= 11 is 6.98. The summed E-state index contributed by atoms with van der Waals surface area (Å²) in [6.07, 6.45) is 4.18. The van der Waals surface area contributed by atoms with Crippen LogP contribution >= 0.6 is 46.2 Å². The van der Waals surface area contributed by atoms with Gasteiger partial charge in [0.1, 0.15) is 69.0 Å². The lowest BCUT2D eigenvalue weighted by Gasteiger charge is -2.37. The summed E-state index contributed by atoms with van der Waals surface area (Å²) in [5.41, 5.74) is 8.58. The molecule has 0 fully saturated rings. The Morgan fingerprint density at radius 1 is 0.403 bits per heavy atom. The molecule has 0 saturated carbocycles. The minimum atomic E-state index is -0.188. The lowest BCUT2D eigenvalue weighted by Crippen LogP contribution is -2.62. The third-order valence-electron chi connectivity index (χ3n) is 13.2. The fraction of sp³-hybridized carbons (Fsp3) is 0.0612. The molecule has 0 radical (unpaired) electrons. The van der Waals surface area contributed by atoms with Crippen LogP contribution in [0.3, 0.4) is 0 Å². The van der Waals surface area contributed by atoms with Crippen LogP contribution in [0.15, 0.2) is 119 Å². The predicted molar refractivity (Wildman–Crippen MR) is 259 cm³/mol. The molecule has 2 aromatic heterocycles. The lowest BCUT2D eigenvalue weighted by molar-refractivity contribution is 0.447. The Morgan fingerprint density at radius 2 is 0.774 bits per heavy atom. The summed E-state index contributed by atoms with van der Waals surface area (Å²) in [6.45, 7) is 1.73. The van der Waals surface area contributed by atoms with Gasteiger partial charge in [0, 0.05) is 68.0 Å². The second-order valence-corrected chi connectivity index (χ2v) is 20.5. The van der Waals surface area contributed by atoms with Crippen molar-refractivity contribution >= 4 is 134 Å². The molecule has 292 valence electrons. The van der Waals surface area contributed by atoms with Crippen molar-refractivity contribution in [1.82, 2.24) is 0 Å². The Bertz CT molecular complexity index is 3350. The van der Waals surface area contributed by atoms with Gasteiger partial charge in [0.05, 0.1) is 0 Å². The molecule has 13 heteroatoms. The first-order valence-corrected chi connectivity index (χ1v) is 24.6. The van der Waals surface area contributed by atoms with Crippen LogP contribution in [-0.4, -0.2) is 32.6 Å². The van der Waals surface area contributed by atoms with E-state index in [1.165, 1.54) is 19.0 Å². The molecule has 6 aliphatic rings. The van der Waals surface area contributed by atoms with Crippen molar-refractivity contribution in [2.45, 2.75) is 16.7 Å². The average molecular weight is 872 g/mol. The van der Waals surface area contributed by atoms with Crippen molar-refractivity contribution in [1.29, 1.82) is 0 Å². The van der Waals surface area contributed by atoms with E-state index < -0.39 is 0 Å². The number of thiophene rings is 2. The van der Waals surface area contributed by atoms with E-state index in [1.807, 2.05) is 0 Å². The highest BCUT2D eigenvalue weighted by atomic mass is 32.2. The van der Waals surface area contributed by atoms with Gasteiger partial charge in [-0.3, -0.25) is 0 Å². The van der Waals surface area contributed by atoms with Gasteiger partial charge in [0.15, 0.2) is 0 Å². The van der Waals surface area contributed by atoms with Crippen LogP contribution in [-0.2, 0) is 0 Å². The molecule has 0 atom stereocenters. The standard InChI is InChI=1S/C49H27B3O6S4/c1-22-12-35-43-36(13-22)54-32-21-34-30(52-45-38(56-34)15-24(60-3)17-40(45)58-47-26-9-5-7-11-42(26)62-49(47)52)19-28(32)50(43)27-18-29-33(20-31(27)53-35)55-37-14-23(59-2)16-39-44(37)51(29)48-46(57-39)25-8-4-6-10-41(25)61-48/h4-21H,1-3H3. The molecule has 0 bridgehead atoms. The smallest absolute Gasteiger partial charge is 0.273 e. The maximum absolute atomic E-state index is 6.94. The zero-order valence-corrected chi connectivity index (χ0v) is 36.5. The Morgan fingerprint density at radius 3 is 1.21 bits per heavy atom. The van der Waals surface area contributed by atoms with Crippen molar-refractivity contribution in [3.63, 3.8) is 0 Å². The topological polar surface area (TPSA) is 55.4 Å². The van der Waals surface area contributed by atoms with Gasteiger partial charge in [-0.2, -0.15) is 0 Å². The highest BCUT2D eigenvalue weighted by molar-refractivity contribution is 7.98. The number of rotatable bonds is 2. The Hall–Kier alpha value is -5.85. The largest absolute Gasteiger partial charge is 0.458 e. The number of aryl methyl sites for hydroxylation is 1. The number of hydrogen-bond donors (Lipinski definition) is 0. The normalized spacial score (nSPS) is 14.5. The predicted octanol–water partition coefficient (Wildman–Crippen LogP) is 8.05. The molecule has 6 nitrogen and oxygen atoms in total. The van der Waals surface area contributed by atoms with Gasteiger partial charge >= 0.3 is 0 Å². The van der Waals surface area contributed by atoms with Crippen LogP contribution in [0.25, 0.3) is 20.2 Å². The summed E-state index contributed by atoms with van der Waals surface area (Å²) in [5.74, 6) is 9.96. The molecule has 7 aromatic carbocycles. The third-order valence-corrected chi connectivity index (χ3v) is 17.1. The van der Waals surface area contributed by atoms with E-state index in [0.29, 0.717) is 0 Å². The quantitative estimate of drug-likeness (QED) is 0.128. The van der Waals surface area contributed by atoms with Crippen molar-refractivity contribution in [2.24, 2.45) is 0 Å². The first kappa shape index (κ1) is 34.7. The van der Waals surface area contributed by atoms with Gasteiger partial charge in [0.25, 0.3) is 20.1 Å². The second kappa shape index (κ2) is 12.2. The van der Waals surface area contributed by atoms with Crippen molar-refractivity contribution in [3.05, 3.63) is 115 Å². The van der Waals surface area contributed by atoms with Crippen LogP contribution in [0.1, 0.15) is 5.56 Å². The Kier molecular flexibility index (Phi) is 6.83. The lowest BCUT2D eigenvalue weighted by atomic mass is 9.31. The van der Waals surface area contributed by atoms with Gasteiger partial charge in [0.2, 0.25) is 0 Å². The molecule has 15 rings (SSSR count). The molecule has 62 heavy (non-hydrogen) atoms. The van der Waals surface area contributed by atoms with Crippen LogP contribution in [0.2, 0.25) is 0 Å². The fourth-order valence-corrected chi connectivity index (χ4v) is 14.1. The summed E-state index contributed by atoms with van der Waals surface area (Å²) in [5, 5.41) is 2.26. The maximum atomic E-state index is 6.94. The SMILES string of the molecule is CSc1cc2c3c(c1)Oc1c(sc4ccccc14)B3c1cc3c(cc1O2)Oc1cc(C)cc2c1B3c1cc3c(cc1O2)Oc1cc(SC)cc2c1B3c1sc3ccccc3c1O2. The first-order valence-electron chi connectivity index (χ1n) is 20.5. The molecule has 0 spiro atoms. The van der Waals surface area contributed by atoms with E-state index in [-0.39, 0.29) is 20.1 Å². The fourth-order valence-electron chi connectivity index (χ4n) is 10.6. The monoisotopic (exact) mass is 872 g/mol. The molecule has 6 aliphatic heterocycles. The van der Waals surface area contributed by atoms with Gasteiger partial charge in [-0.25, -0.2) is 0 Å². The average Bonchev–Trinajstić information content (AvgIpc) is 3.85. The van der Waals surface area contributed by atoms with E-state index >= 15 is 0 Å². The van der Waals surface area contributed by atoms with Gasteiger partial charge in [-0.15, -0.1) is 46.2 Å². The number of hydrogen-bond acceptors (Lipinski definition) is 10. The number of thioether (sulfide) groups is 2. The number of fused-ring (bicyclic) bond motifs is 16. The van der Waals surface area contributed by atoms with Crippen molar-refractivity contribution in [3.8, 4) is 69.0 Å². The first-order chi connectivity index (χ1) is 30.5. The molecule has 0 saturated heterocycles. The number of ether oxygens (including phenoxy) is 6. The van der Waals surface area contributed by atoms with Crippen LogP contribution < -0.4 is 76.2 Å². The third kappa shape index (κ3) is 4.51. The second-order valence-electron chi connectivity index (χ2n) is 16.6. The Balaban J connectivity index is 0.968. The van der Waals surface area contributed by atoms with Crippen LogP contribution in [0, 0.1) is 6.92 Å². The minimum absolute atomic E-state index is 0.0871. The summed E-state index contributed by atoms with van der Waals surface area (Å²) < 4.78 is 46.2. The highest BCUT2D eigenvalue weighted by Crippen LogP contribution is 2.46. The minimum Gasteiger partial charge on any atom is -0.458 e. The van der Waals surface area contributed by atoms with Gasteiger partial charge in [-0.1, -0.05) is 36.4 Å². The zero-order valence-electron chi connectivity index (χ0n) is 33.2. The van der Waals surface area contributed by atoms with E-state index in [2.05, 4.69) is 129 Å². The van der Waals surface area contributed by atoms with Crippen LogP contribution in [0.5, 0.6) is 69.0 Å². The number of benzene rings is 7. The van der Waals surface area contributed by atoms with Gasteiger partial charge < -0.3 is 28.4 Å². The van der Waals surface area contributed by atoms with E-state index in [1.54, 1.807) is 46.2 Å². The molecule has 8 heterocycles. The molecular weight excluding hydrogens is 845 g/mol. The summed E-state index contributed by atoms with van der Waals surface area (Å²) in [6, 6.07) is 38.9. The van der Waals surface area contributed by atoms with Gasteiger partial charge in [-0.05, 0) is 108 Å². The summed E-state index contributed by atoms with van der Waals surface area (Å²) in [7, 11) is 0. The molecule has 0 amide bonds. The van der Waals surface area contributed by atoms with E-state index in [0.717, 1.165) is 133 Å². The van der Waals surface area contributed by atoms with E-state index in [9.17, 15) is 0 Å². The Labute approximate surface area is 373 Å². The van der Waals surface area contributed by atoms with Crippen molar-refractivity contribution in [2.75, 3.05) is 12.5 Å². The highest BCUT2D eigenvalue weighted by Gasteiger charge is 2.49. The molecule has 0 N–H and O–H groups in total. The maximum Gasteiger partial charge on any atom is 0.273 e. The van der Waals surface area contributed by atoms with Crippen LogP contribution in [0.4, 0.5) is 0 Å².